The summed E-state index contributed by atoms with van der Waals surface area (Å²) in [5.74, 6) is 0.724. The van der Waals surface area contributed by atoms with Crippen LogP contribution in [0.3, 0.4) is 0 Å². The minimum absolute atomic E-state index is 0.0127. The van der Waals surface area contributed by atoms with Crippen molar-refractivity contribution < 1.29 is 9.53 Å². The zero-order valence-corrected chi connectivity index (χ0v) is 15.7. The van der Waals surface area contributed by atoms with Gasteiger partial charge in [0.1, 0.15) is 10.8 Å². The lowest BCUT2D eigenvalue weighted by molar-refractivity contribution is -0.125. The van der Waals surface area contributed by atoms with E-state index in [1.54, 1.807) is 29.4 Å². The van der Waals surface area contributed by atoms with Crippen molar-refractivity contribution in [1.82, 2.24) is 9.97 Å². The van der Waals surface area contributed by atoms with Gasteiger partial charge in [0.05, 0.1) is 17.1 Å². The van der Waals surface area contributed by atoms with E-state index in [-0.39, 0.29) is 5.91 Å². The number of amides is 1. The van der Waals surface area contributed by atoms with Crippen LogP contribution in [0, 0.1) is 6.92 Å². The molecule has 3 heterocycles. The Morgan fingerprint density at radius 2 is 2.12 bits per heavy atom. The van der Waals surface area contributed by atoms with Gasteiger partial charge in [0.25, 0.3) is 5.91 Å². The Labute approximate surface area is 156 Å². The quantitative estimate of drug-likeness (QED) is 0.694. The number of nitrogens with zero attached hydrogens (tertiary/aromatic N) is 3. The molecule has 2 aromatic heterocycles. The largest absolute Gasteiger partial charge is 0.479 e. The number of fused-ring (bicyclic) bond motifs is 1. The molecule has 1 aliphatic heterocycles. The SMILES string of the molecule is CCN1C(=O)C(C)Oc2ccc(-c3nc(-c4ccccn4)sc3C)cc21. The van der Waals surface area contributed by atoms with Crippen molar-refractivity contribution >= 4 is 22.9 Å². The van der Waals surface area contributed by atoms with Crippen molar-refractivity contribution in [1.29, 1.82) is 0 Å². The highest BCUT2D eigenvalue weighted by atomic mass is 32.1. The van der Waals surface area contributed by atoms with Gasteiger partial charge in [-0.25, -0.2) is 4.98 Å². The first kappa shape index (κ1) is 16.7. The number of pyridine rings is 1. The fourth-order valence-corrected chi connectivity index (χ4v) is 4.06. The van der Waals surface area contributed by atoms with Gasteiger partial charge >= 0.3 is 0 Å². The Balaban J connectivity index is 1.77. The minimum Gasteiger partial charge on any atom is -0.479 e. The molecule has 1 atom stereocenters. The Morgan fingerprint density at radius 3 is 2.85 bits per heavy atom. The summed E-state index contributed by atoms with van der Waals surface area (Å²) in [4.78, 5) is 24.5. The highest BCUT2D eigenvalue weighted by Gasteiger charge is 2.31. The van der Waals surface area contributed by atoms with E-state index in [0.29, 0.717) is 6.54 Å². The van der Waals surface area contributed by atoms with Crippen molar-refractivity contribution in [3.8, 4) is 27.7 Å². The Bertz CT molecular complexity index is 968. The highest BCUT2D eigenvalue weighted by Crippen LogP contribution is 2.39. The number of aromatic nitrogens is 2. The molecule has 1 aliphatic rings. The minimum atomic E-state index is -0.454. The van der Waals surface area contributed by atoms with Gasteiger partial charge in [0.2, 0.25) is 0 Å². The number of ether oxygens (including phenoxy) is 1. The topological polar surface area (TPSA) is 55.3 Å². The first-order valence-corrected chi connectivity index (χ1v) is 9.41. The van der Waals surface area contributed by atoms with E-state index in [0.717, 1.165) is 38.3 Å². The number of hydrogen-bond acceptors (Lipinski definition) is 5. The van der Waals surface area contributed by atoms with Crippen LogP contribution >= 0.6 is 11.3 Å². The summed E-state index contributed by atoms with van der Waals surface area (Å²) in [6.45, 7) is 6.42. The van der Waals surface area contributed by atoms with Crippen LogP contribution < -0.4 is 9.64 Å². The maximum absolute atomic E-state index is 12.4. The average molecular weight is 365 g/mol. The summed E-state index contributed by atoms with van der Waals surface area (Å²) in [7, 11) is 0. The van der Waals surface area contributed by atoms with Crippen LogP contribution in [0.1, 0.15) is 18.7 Å². The molecule has 1 unspecified atom stereocenters. The lowest BCUT2D eigenvalue weighted by atomic mass is 10.1. The normalized spacial score (nSPS) is 16.3. The molecular weight excluding hydrogens is 346 g/mol. The standard InChI is InChI=1S/C20H19N3O2S/c1-4-23-16-11-14(8-9-17(16)25-12(2)20(23)24)18-13(3)26-19(22-18)15-7-5-6-10-21-15/h5-12H,4H2,1-3H3. The van der Waals surface area contributed by atoms with Crippen LogP contribution in [0.4, 0.5) is 5.69 Å². The van der Waals surface area contributed by atoms with E-state index < -0.39 is 6.10 Å². The molecule has 3 aromatic rings. The van der Waals surface area contributed by atoms with Crippen LogP contribution in [0.5, 0.6) is 5.75 Å². The number of likely N-dealkylation sites (N-methyl/N-ethyl adjacent to an activating group) is 1. The van der Waals surface area contributed by atoms with Crippen LogP contribution in [-0.4, -0.2) is 28.5 Å². The molecule has 1 amide bonds. The van der Waals surface area contributed by atoms with Gasteiger partial charge in [0, 0.05) is 23.2 Å². The first-order chi connectivity index (χ1) is 12.6. The van der Waals surface area contributed by atoms with Gasteiger partial charge in [0.15, 0.2) is 6.10 Å². The van der Waals surface area contributed by atoms with E-state index in [9.17, 15) is 4.79 Å². The molecule has 26 heavy (non-hydrogen) atoms. The molecule has 0 saturated carbocycles. The summed E-state index contributed by atoms with van der Waals surface area (Å²) >= 11 is 1.62. The molecule has 132 valence electrons. The fraction of sp³-hybridized carbons (Fsp3) is 0.250. The van der Waals surface area contributed by atoms with Crippen LogP contribution in [0.15, 0.2) is 42.6 Å². The Morgan fingerprint density at radius 1 is 1.27 bits per heavy atom. The molecule has 0 spiro atoms. The lowest BCUT2D eigenvalue weighted by Crippen LogP contribution is -2.44. The van der Waals surface area contributed by atoms with Crippen LogP contribution in [0.25, 0.3) is 22.0 Å². The summed E-state index contributed by atoms with van der Waals surface area (Å²) in [6.07, 6.45) is 1.32. The molecule has 1 aromatic carbocycles. The van der Waals surface area contributed by atoms with Gasteiger partial charge in [-0.3, -0.25) is 9.78 Å². The number of rotatable bonds is 3. The molecular formula is C20H19N3O2S. The summed E-state index contributed by atoms with van der Waals surface area (Å²) < 4.78 is 5.75. The van der Waals surface area contributed by atoms with Gasteiger partial charge in [-0.1, -0.05) is 6.07 Å². The fourth-order valence-electron chi connectivity index (χ4n) is 3.14. The first-order valence-electron chi connectivity index (χ1n) is 8.59. The molecule has 0 N–H and O–H groups in total. The predicted octanol–water partition coefficient (Wildman–Crippen LogP) is 4.31. The Kier molecular flexibility index (Phi) is 4.20. The van der Waals surface area contributed by atoms with Crippen molar-refractivity contribution in [2.75, 3.05) is 11.4 Å². The monoisotopic (exact) mass is 365 g/mol. The number of anilines is 1. The Hall–Kier alpha value is -2.73. The van der Waals surface area contributed by atoms with E-state index in [1.807, 2.05) is 43.3 Å². The maximum atomic E-state index is 12.4. The molecule has 4 rings (SSSR count). The van der Waals surface area contributed by atoms with E-state index in [4.69, 9.17) is 9.72 Å². The van der Waals surface area contributed by atoms with Crippen LogP contribution in [0.2, 0.25) is 0 Å². The third-order valence-corrected chi connectivity index (χ3v) is 5.43. The van der Waals surface area contributed by atoms with Crippen molar-refractivity contribution in [2.24, 2.45) is 0 Å². The molecule has 5 nitrogen and oxygen atoms in total. The van der Waals surface area contributed by atoms with Crippen molar-refractivity contribution in [3.63, 3.8) is 0 Å². The second kappa shape index (κ2) is 6.53. The van der Waals surface area contributed by atoms with Crippen molar-refractivity contribution in [3.05, 3.63) is 47.5 Å². The maximum Gasteiger partial charge on any atom is 0.267 e. The van der Waals surface area contributed by atoms with E-state index in [1.165, 1.54) is 0 Å². The number of carbonyl (C=O) groups excluding carboxylic acids is 1. The van der Waals surface area contributed by atoms with E-state index >= 15 is 0 Å². The summed E-state index contributed by atoms with van der Waals surface area (Å²) in [6, 6.07) is 11.7. The highest BCUT2D eigenvalue weighted by molar-refractivity contribution is 7.15. The molecule has 0 fully saturated rings. The van der Waals surface area contributed by atoms with Gasteiger partial charge in [-0.15, -0.1) is 11.3 Å². The average Bonchev–Trinajstić information content (AvgIpc) is 3.05. The summed E-state index contributed by atoms with van der Waals surface area (Å²) in [5, 5.41) is 0.893. The van der Waals surface area contributed by atoms with E-state index in [2.05, 4.69) is 11.9 Å². The number of carbonyl (C=O) groups is 1. The molecule has 0 saturated heterocycles. The summed E-state index contributed by atoms with van der Waals surface area (Å²) in [5.41, 5.74) is 3.57. The lowest BCUT2D eigenvalue weighted by Gasteiger charge is -2.32. The third-order valence-electron chi connectivity index (χ3n) is 4.44. The second-order valence-corrected chi connectivity index (χ2v) is 7.37. The predicted molar refractivity (Wildman–Crippen MR) is 104 cm³/mol. The molecule has 0 bridgehead atoms. The third kappa shape index (κ3) is 2.76. The zero-order chi connectivity index (χ0) is 18.3. The number of thiazole rings is 1. The molecule has 0 radical (unpaired) electrons. The molecule has 0 aliphatic carbocycles. The number of benzene rings is 1. The van der Waals surface area contributed by atoms with Gasteiger partial charge < -0.3 is 9.64 Å². The van der Waals surface area contributed by atoms with Gasteiger partial charge in [-0.05, 0) is 51.1 Å². The smallest absolute Gasteiger partial charge is 0.267 e. The molecule has 6 heteroatoms. The second-order valence-electron chi connectivity index (χ2n) is 6.16. The number of hydrogen-bond donors (Lipinski definition) is 0. The zero-order valence-electron chi connectivity index (χ0n) is 14.9. The number of aryl methyl sites for hydroxylation is 1. The van der Waals surface area contributed by atoms with Crippen molar-refractivity contribution in [2.45, 2.75) is 26.9 Å². The van der Waals surface area contributed by atoms with Crippen LogP contribution in [-0.2, 0) is 4.79 Å². The van der Waals surface area contributed by atoms with Gasteiger partial charge in [-0.2, -0.15) is 0 Å².